The molecular weight excluding hydrogens is 461 g/mol. The number of hydrogen-bond donors (Lipinski definition) is 0. The molecular formula is C21H25ClFN3OS3. The summed E-state index contributed by atoms with van der Waals surface area (Å²) in [4.78, 5) is 23.8. The first kappa shape index (κ1) is 24.9. The number of fused-ring (bicyclic) bond motifs is 1. The second kappa shape index (κ2) is 11.9. The topological polar surface area (TPSA) is 36.4 Å². The number of carbonyl (C=O) groups is 1. The molecule has 0 atom stereocenters. The van der Waals surface area contributed by atoms with E-state index in [0.717, 1.165) is 31.7 Å². The number of thioether (sulfide) groups is 2. The van der Waals surface area contributed by atoms with Crippen LogP contribution in [0.5, 0.6) is 0 Å². The van der Waals surface area contributed by atoms with Crippen molar-refractivity contribution in [2.45, 2.75) is 16.2 Å². The molecule has 9 heteroatoms. The van der Waals surface area contributed by atoms with Crippen molar-refractivity contribution in [3.8, 4) is 0 Å². The highest BCUT2D eigenvalue weighted by atomic mass is 35.5. The molecule has 4 nitrogen and oxygen atoms in total. The molecule has 0 fully saturated rings. The highest BCUT2D eigenvalue weighted by Crippen LogP contribution is 2.34. The molecule has 0 bridgehead atoms. The van der Waals surface area contributed by atoms with Crippen LogP contribution in [0.3, 0.4) is 0 Å². The van der Waals surface area contributed by atoms with Gasteiger partial charge in [0.25, 0.3) is 0 Å². The lowest BCUT2D eigenvalue weighted by Crippen LogP contribution is -2.36. The van der Waals surface area contributed by atoms with Crippen molar-refractivity contribution in [2.75, 3.05) is 44.1 Å². The molecule has 0 saturated heterocycles. The minimum absolute atomic E-state index is 0. The highest BCUT2D eigenvalue weighted by molar-refractivity contribution is 7.99. The standard InChI is InChI=1S/C21H24FN3OS3.ClH/c1-24(2)12-13-25(19(26)11-14-28-16-9-7-15(22)8-10-16)21-23-20-17(27-3)5-4-6-18(20)29-21;/h4-10H,11-14H2,1-3H3;1H. The highest BCUT2D eigenvalue weighted by Gasteiger charge is 2.20. The smallest absolute Gasteiger partial charge is 0.229 e. The van der Waals surface area contributed by atoms with Gasteiger partial charge in [-0.3, -0.25) is 9.69 Å². The number of carbonyl (C=O) groups excluding carboxylic acids is 1. The van der Waals surface area contributed by atoms with Gasteiger partial charge in [-0.2, -0.15) is 0 Å². The van der Waals surface area contributed by atoms with Crippen LogP contribution in [-0.4, -0.2) is 55.0 Å². The Labute approximate surface area is 195 Å². The molecule has 2 aromatic carbocycles. The number of anilines is 1. The second-order valence-electron chi connectivity index (χ2n) is 6.70. The van der Waals surface area contributed by atoms with E-state index in [9.17, 15) is 9.18 Å². The van der Waals surface area contributed by atoms with Gasteiger partial charge in [0, 0.05) is 35.1 Å². The van der Waals surface area contributed by atoms with Gasteiger partial charge in [-0.25, -0.2) is 9.37 Å². The van der Waals surface area contributed by atoms with Crippen LogP contribution in [0.15, 0.2) is 52.3 Å². The summed E-state index contributed by atoms with van der Waals surface area (Å²) in [5.74, 6) is 0.455. The first-order chi connectivity index (χ1) is 14.0. The van der Waals surface area contributed by atoms with Crippen molar-refractivity contribution in [2.24, 2.45) is 0 Å². The van der Waals surface area contributed by atoms with Gasteiger partial charge in [-0.15, -0.1) is 35.9 Å². The Morgan fingerprint density at radius 1 is 1.13 bits per heavy atom. The predicted molar refractivity (Wildman–Crippen MR) is 131 cm³/mol. The SMILES string of the molecule is CSc1cccc2sc(N(CCN(C)C)C(=O)CCSc3ccc(F)cc3)nc12.Cl. The number of amides is 1. The molecule has 1 aromatic heterocycles. The van der Waals surface area contributed by atoms with Gasteiger partial charge in [0.1, 0.15) is 5.82 Å². The fourth-order valence-corrected chi connectivity index (χ4v) is 5.25. The van der Waals surface area contributed by atoms with Crippen molar-refractivity contribution < 1.29 is 9.18 Å². The maximum atomic E-state index is 13.0. The third-order valence-electron chi connectivity index (χ3n) is 4.29. The van der Waals surface area contributed by atoms with Gasteiger partial charge >= 0.3 is 0 Å². The van der Waals surface area contributed by atoms with E-state index in [1.165, 1.54) is 12.1 Å². The molecule has 3 aromatic rings. The van der Waals surface area contributed by atoms with Gasteiger partial charge in [-0.1, -0.05) is 17.4 Å². The zero-order valence-corrected chi connectivity index (χ0v) is 20.4. The van der Waals surface area contributed by atoms with Crippen LogP contribution in [-0.2, 0) is 4.79 Å². The number of halogens is 2. The summed E-state index contributed by atoms with van der Waals surface area (Å²) in [5, 5.41) is 0.750. The van der Waals surface area contributed by atoms with Crippen LogP contribution >= 0.6 is 47.3 Å². The van der Waals surface area contributed by atoms with Crippen molar-refractivity contribution in [3.05, 3.63) is 48.3 Å². The molecule has 0 spiro atoms. The molecule has 30 heavy (non-hydrogen) atoms. The predicted octanol–water partition coefficient (Wildman–Crippen LogP) is 5.66. The number of hydrogen-bond acceptors (Lipinski definition) is 6. The van der Waals surface area contributed by atoms with E-state index < -0.39 is 0 Å². The minimum Gasteiger partial charge on any atom is -0.308 e. The van der Waals surface area contributed by atoms with Crippen molar-refractivity contribution in [1.82, 2.24) is 9.88 Å². The van der Waals surface area contributed by atoms with Crippen LogP contribution in [0.2, 0.25) is 0 Å². The molecule has 3 rings (SSSR count). The zero-order valence-electron chi connectivity index (χ0n) is 17.1. The summed E-state index contributed by atoms with van der Waals surface area (Å²) < 4.78 is 14.1. The van der Waals surface area contributed by atoms with E-state index in [4.69, 9.17) is 4.98 Å². The fourth-order valence-electron chi connectivity index (χ4n) is 2.74. The number of likely N-dealkylation sites (N-methyl/N-ethyl adjacent to an activating group) is 1. The number of para-hydroxylation sites is 1. The quantitative estimate of drug-likeness (QED) is 0.366. The van der Waals surface area contributed by atoms with Gasteiger partial charge in [-0.05, 0) is 56.7 Å². The van der Waals surface area contributed by atoms with E-state index >= 15 is 0 Å². The summed E-state index contributed by atoms with van der Waals surface area (Å²) in [6, 6.07) is 12.5. The summed E-state index contributed by atoms with van der Waals surface area (Å²) >= 11 is 4.79. The third kappa shape index (κ3) is 6.59. The Morgan fingerprint density at radius 2 is 1.87 bits per heavy atom. The molecule has 0 aliphatic rings. The molecule has 0 aliphatic heterocycles. The van der Waals surface area contributed by atoms with E-state index in [2.05, 4.69) is 17.0 Å². The van der Waals surface area contributed by atoms with Crippen molar-refractivity contribution in [3.63, 3.8) is 0 Å². The monoisotopic (exact) mass is 485 g/mol. The van der Waals surface area contributed by atoms with Crippen LogP contribution in [0.1, 0.15) is 6.42 Å². The molecule has 162 valence electrons. The number of rotatable bonds is 9. The first-order valence-electron chi connectivity index (χ1n) is 9.25. The lowest BCUT2D eigenvalue weighted by Gasteiger charge is -2.22. The van der Waals surface area contributed by atoms with Gasteiger partial charge in [0.2, 0.25) is 5.91 Å². The Bertz CT molecular complexity index is 966. The Hall–Kier alpha value is -1.32. The Balaban J connectivity index is 0.00000320. The molecule has 0 radical (unpaired) electrons. The van der Waals surface area contributed by atoms with Crippen LogP contribution < -0.4 is 4.90 Å². The first-order valence-corrected chi connectivity index (χ1v) is 12.3. The number of aromatic nitrogens is 1. The summed E-state index contributed by atoms with van der Waals surface area (Å²) in [7, 11) is 3.99. The second-order valence-corrected chi connectivity index (χ2v) is 9.73. The van der Waals surface area contributed by atoms with E-state index in [1.54, 1.807) is 51.9 Å². The Morgan fingerprint density at radius 3 is 2.53 bits per heavy atom. The molecule has 0 aliphatic carbocycles. The molecule has 0 unspecified atom stereocenters. The van der Waals surface area contributed by atoms with Gasteiger partial charge in [0.15, 0.2) is 5.13 Å². The van der Waals surface area contributed by atoms with E-state index in [0.29, 0.717) is 18.7 Å². The van der Waals surface area contributed by atoms with Crippen LogP contribution in [0, 0.1) is 5.82 Å². The van der Waals surface area contributed by atoms with E-state index in [1.807, 2.05) is 26.4 Å². The van der Waals surface area contributed by atoms with Crippen LogP contribution in [0.4, 0.5) is 9.52 Å². The maximum absolute atomic E-state index is 13.0. The molecule has 1 amide bonds. The molecule has 0 N–H and O–H groups in total. The average Bonchev–Trinajstić information content (AvgIpc) is 3.13. The van der Waals surface area contributed by atoms with Crippen molar-refractivity contribution in [1.29, 1.82) is 0 Å². The lowest BCUT2D eigenvalue weighted by atomic mass is 10.3. The third-order valence-corrected chi connectivity index (χ3v) is 7.12. The number of benzene rings is 2. The van der Waals surface area contributed by atoms with Crippen LogP contribution in [0.25, 0.3) is 10.2 Å². The largest absolute Gasteiger partial charge is 0.308 e. The number of thiazole rings is 1. The minimum atomic E-state index is -0.249. The molecule has 0 saturated carbocycles. The van der Waals surface area contributed by atoms with Gasteiger partial charge in [0.05, 0.1) is 10.2 Å². The lowest BCUT2D eigenvalue weighted by molar-refractivity contribution is -0.118. The zero-order chi connectivity index (χ0) is 20.8. The number of nitrogens with zero attached hydrogens (tertiary/aromatic N) is 3. The van der Waals surface area contributed by atoms with E-state index in [-0.39, 0.29) is 24.1 Å². The van der Waals surface area contributed by atoms with Crippen molar-refractivity contribution >= 4 is 68.5 Å². The normalized spacial score (nSPS) is 11.0. The Kier molecular flexibility index (Phi) is 9.90. The summed E-state index contributed by atoms with van der Waals surface area (Å²) in [5.41, 5.74) is 0.961. The maximum Gasteiger partial charge on any atom is 0.229 e. The summed E-state index contributed by atoms with van der Waals surface area (Å²) in [6.07, 6.45) is 2.44. The fraction of sp³-hybridized carbons (Fsp3) is 0.333. The summed E-state index contributed by atoms with van der Waals surface area (Å²) in [6.45, 7) is 1.36. The van der Waals surface area contributed by atoms with Gasteiger partial charge < -0.3 is 4.90 Å². The molecule has 1 heterocycles. The average molecular weight is 486 g/mol.